The number of benzene rings is 2. The van der Waals surface area contributed by atoms with Gasteiger partial charge in [0, 0.05) is 17.2 Å². The number of fused-ring (bicyclic) bond motifs is 1. The van der Waals surface area contributed by atoms with Crippen LogP contribution in [0.2, 0.25) is 0 Å². The summed E-state index contributed by atoms with van der Waals surface area (Å²) in [5.41, 5.74) is 2.26. The van der Waals surface area contributed by atoms with Crippen LogP contribution in [-0.2, 0) is 12.0 Å². The summed E-state index contributed by atoms with van der Waals surface area (Å²) in [5.74, 6) is 0.353. The highest BCUT2D eigenvalue weighted by Crippen LogP contribution is 2.38. The predicted molar refractivity (Wildman–Crippen MR) is 108 cm³/mol. The fraction of sp³-hybridized carbons (Fsp3) is 0.273. The van der Waals surface area contributed by atoms with E-state index < -0.39 is 0 Å². The van der Waals surface area contributed by atoms with Crippen LogP contribution in [0.25, 0.3) is 0 Å². The highest BCUT2D eigenvalue weighted by atomic mass is 19.1. The summed E-state index contributed by atoms with van der Waals surface area (Å²) >= 11 is 0. The quantitative estimate of drug-likeness (QED) is 0.673. The van der Waals surface area contributed by atoms with Gasteiger partial charge >= 0.3 is 6.03 Å². The van der Waals surface area contributed by atoms with Crippen LogP contribution in [0.5, 0.6) is 0 Å². The number of hydrogen-bond donors (Lipinski definition) is 1. The van der Waals surface area contributed by atoms with Crippen LogP contribution < -0.4 is 10.2 Å². The Bertz CT molecular complexity index is 1010. The number of nitrogens with one attached hydrogen (secondary N) is 1. The first-order valence-electron chi connectivity index (χ1n) is 9.32. The first-order chi connectivity index (χ1) is 13.3. The van der Waals surface area contributed by atoms with E-state index in [1.54, 1.807) is 17.0 Å². The normalized spacial score (nSPS) is 16.1. The van der Waals surface area contributed by atoms with E-state index in [-0.39, 0.29) is 23.3 Å². The maximum atomic E-state index is 13.5. The van der Waals surface area contributed by atoms with Gasteiger partial charge in [0.2, 0.25) is 0 Å². The van der Waals surface area contributed by atoms with Gasteiger partial charge < -0.3 is 5.32 Å². The fourth-order valence-electron chi connectivity index (χ4n) is 3.43. The van der Waals surface area contributed by atoms with Gasteiger partial charge in [0.05, 0.1) is 18.3 Å². The van der Waals surface area contributed by atoms with Crippen LogP contribution in [0.3, 0.4) is 0 Å². The Kier molecular flexibility index (Phi) is 4.41. The Balaban J connectivity index is 1.71. The molecular formula is C22H23FN4O. The van der Waals surface area contributed by atoms with E-state index in [1.165, 1.54) is 12.1 Å². The van der Waals surface area contributed by atoms with Gasteiger partial charge in [-0.1, -0.05) is 57.2 Å². The number of carbonyl (C=O) groups excluding carboxylic acids is 1. The maximum absolute atomic E-state index is 13.5. The SMILES string of the molecule is CC(C)(C)c1cc2n(n1)CC(c1ccccc1)N2C(=O)Nc1cccc(F)c1. The van der Waals surface area contributed by atoms with Crippen molar-refractivity contribution in [1.82, 2.24) is 9.78 Å². The van der Waals surface area contributed by atoms with Crippen LogP contribution in [0.1, 0.15) is 38.1 Å². The minimum absolute atomic E-state index is 0.121. The van der Waals surface area contributed by atoms with Crippen molar-refractivity contribution in [2.75, 3.05) is 10.2 Å². The van der Waals surface area contributed by atoms with E-state index in [4.69, 9.17) is 5.10 Å². The topological polar surface area (TPSA) is 50.2 Å². The molecule has 0 spiro atoms. The Labute approximate surface area is 163 Å². The molecule has 1 aromatic heterocycles. The molecule has 1 unspecified atom stereocenters. The summed E-state index contributed by atoms with van der Waals surface area (Å²) in [5, 5.41) is 7.55. The molecule has 1 aliphatic rings. The monoisotopic (exact) mass is 378 g/mol. The van der Waals surface area contributed by atoms with Crippen molar-refractivity contribution in [2.24, 2.45) is 0 Å². The predicted octanol–water partition coefficient (Wildman–Crippen LogP) is 5.11. The summed E-state index contributed by atoms with van der Waals surface area (Å²) in [7, 11) is 0. The van der Waals surface area contributed by atoms with Gasteiger partial charge in [0.25, 0.3) is 0 Å². The first kappa shape index (κ1) is 18.2. The van der Waals surface area contributed by atoms with E-state index >= 15 is 0 Å². The number of urea groups is 1. The third kappa shape index (κ3) is 3.38. The van der Waals surface area contributed by atoms with Crippen molar-refractivity contribution >= 4 is 17.5 Å². The van der Waals surface area contributed by atoms with E-state index in [2.05, 4.69) is 26.1 Å². The van der Waals surface area contributed by atoms with Crippen molar-refractivity contribution in [2.45, 2.75) is 38.8 Å². The average molecular weight is 378 g/mol. The molecule has 28 heavy (non-hydrogen) atoms. The summed E-state index contributed by atoms with van der Waals surface area (Å²) in [6, 6.07) is 17.3. The van der Waals surface area contributed by atoms with Gasteiger partial charge in [0.1, 0.15) is 11.6 Å². The Morgan fingerprint density at radius 2 is 1.86 bits per heavy atom. The van der Waals surface area contributed by atoms with Gasteiger partial charge in [-0.05, 0) is 23.8 Å². The van der Waals surface area contributed by atoms with Crippen LogP contribution in [0, 0.1) is 5.82 Å². The number of carbonyl (C=O) groups is 1. The number of amides is 2. The lowest BCUT2D eigenvalue weighted by molar-refractivity contribution is 0.255. The summed E-state index contributed by atoms with van der Waals surface area (Å²) in [6.45, 7) is 6.86. The maximum Gasteiger partial charge on any atom is 0.328 e. The van der Waals surface area contributed by atoms with Gasteiger partial charge in [-0.3, -0.25) is 4.90 Å². The minimum Gasteiger partial charge on any atom is -0.307 e. The lowest BCUT2D eigenvalue weighted by atomic mass is 9.92. The largest absolute Gasteiger partial charge is 0.328 e. The Morgan fingerprint density at radius 1 is 1.11 bits per heavy atom. The molecule has 3 aromatic rings. The molecular weight excluding hydrogens is 355 g/mol. The lowest BCUT2D eigenvalue weighted by Gasteiger charge is -2.25. The Morgan fingerprint density at radius 3 is 2.54 bits per heavy atom. The molecule has 0 bridgehead atoms. The molecule has 1 atom stereocenters. The molecule has 2 amide bonds. The molecule has 5 nitrogen and oxygen atoms in total. The van der Waals surface area contributed by atoms with Crippen LogP contribution in [0.4, 0.5) is 20.7 Å². The molecule has 4 rings (SSSR count). The van der Waals surface area contributed by atoms with Gasteiger partial charge in [0.15, 0.2) is 0 Å². The number of aromatic nitrogens is 2. The highest BCUT2D eigenvalue weighted by molar-refractivity contribution is 6.02. The van der Waals surface area contributed by atoms with E-state index in [1.807, 2.05) is 41.1 Å². The lowest BCUT2D eigenvalue weighted by Crippen LogP contribution is -2.36. The van der Waals surface area contributed by atoms with Crippen molar-refractivity contribution in [1.29, 1.82) is 0 Å². The van der Waals surface area contributed by atoms with Gasteiger partial charge in [-0.25, -0.2) is 13.9 Å². The molecule has 0 aliphatic carbocycles. The fourth-order valence-corrected chi connectivity index (χ4v) is 3.43. The smallest absolute Gasteiger partial charge is 0.307 e. The number of anilines is 2. The molecule has 0 radical (unpaired) electrons. The molecule has 1 N–H and O–H groups in total. The van der Waals surface area contributed by atoms with Crippen LogP contribution in [-0.4, -0.2) is 15.8 Å². The zero-order valence-corrected chi connectivity index (χ0v) is 16.2. The van der Waals surface area contributed by atoms with Crippen molar-refractivity contribution in [3.05, 3.63) is 77.7 Å². The zero-order valence-electron chi connectivity index (χ0n) is 16.2. The summed E-state index contributed by atoms with van der Waals surface area (Å²) in [4.78, 5) is 14.9. The van der Waals surface area contributed by atoms with E-state index in [0.717, 1.165) is 17.1 Å². The molecule has 6 heteroatoms. The third-order valence-electron chi connectivity index (χ3n) is 4.91. The Hall–Kier alpha value is -3.15. The van der Waals surface area contributed by atoms with E-state index in [9.17, 15) is 9.18 Å². The van der Waals surface area contributed by atoms with Gasteiger partial charge in [-0.2, -0.15) is 5.10 Å². The molecule has 0 saturated carbocycles. The molecule has 1 aliphatic heterocycles. The van der Waals surface area contributed by atoms with Crippen molar-refractivity contribution in [3.8, 4) is 0 Å². The summed E-state index contributed by atoms with van der Waals surface area (Å²) < 4.78 is 15.4. The van der Waals surface area contributed by atoms with Crippen LogP contribution in [0.15, 0.2) is 60.7 Å². The molecule has 0 saturated heterocycles. The number of halogens is 1. The van der Waals surface area contributed by atoms with Gasteiger partial charge in [-0.15, -0.1) is 0 Å². The number of hydrogen-bond acceptors (Lipinski definition) is 2. The molecule has 2 heterocycles. The van der Waals surface area contributed by atoms with E-state index in [0.29, 0.717) is 12.2 Å². The molecule has 144 valence electrons. The molecule has 2 aromatic carbocycles. The number of rotatable bonds is 2. The highest BCUT2D eigenvalue weighted by Gasteiger charge is 2.37. The zero-order chi connectivity index (χ0) is 19.9. The second kappa shape index (κ2) is 6.78. The first-order valence-corrected chi connectivity index (χ1v) is 9.32. The van der Waals surface area contributed by atoms with Crippen LogP contribution >= 0.6 is 0 Å². The summed E-state index contributed by atoms with van der Waals surface area (Å²) in [6.07, 6.45) is 0. The molecule has 0 fully saturated rings. The van der Waals surface area contributed by atoms with Crippen molar-refractivity contribution in [3.63, 3.8) is 0 Å². The standard InChI is InChI=1S/C22H23FN4O/c1-22(2,3)19-13-20-26(25-19)14-18(15-8-5-4-6-9-15)27(20)21(28)24-17-11-7-10-16(23)12-17/h4-13,18H,14H2,1-3H3,(H,24,28). The third-order valence-corrected chi connectivity index (χ3v) is 4.91. The minimum atomic E-state index is -0.390. The average Bonchev–Trinajstić information content (AvgIpc) is 3.20. The second-order valence-electron chi connectivity index (χ2n) is 8.06. The number of nitrogens with zero attached hydrogens (tertiary/aromatic N) is 3. The van der Waals surface area contributed by atoms with Crippen molar-refractivity contribution < 1.29 is 9.18 Å². The second-order valence-corrected chi connectivity index (χ2v) is 8.06.